The van der Waals surface area contributed by atoms with Crippen LogP contribution in [0.25, 0.3) is 11.0 Å². The molecule has 2 heterocycles. The second kappa shape index (κ2) is 6.72. The molecule has 5 nitrogen and oxygen atoms in total. The van der Waals surface area contributed by atoms with Gasteiger partial charge in [0.25, 0.3) is 5.56 Å². The molecule has 0 saturated carbocycles. The highest BCUT2D eigenvalue weighted by molar-refractivity contribution is 6.31. The van der Waals surface area contributed by atoms with Gasteiger partial charge >= 0.3 is 0 Å². The maximum absolute atomic E-state index is 14.0. The largest absolute Gasteiger partial charge is 0.294 e. The molecule has 0 fully saturated rings. The summed E-state index contributed by atoms with van der Waals surface area (Å²) < 4.78 is 17.0. The normalized spacial score (nSPS) is 11.2. The van der Waals surface area contributed by atoms with Crippen LogP contribution in [0.5, 0.6) is 0 Å². The number of nitrogens with zero attached hydrogens (tertiary/aromatic N) is 4. The Morgan fingerprint density at radius 3 is 2.62 bits per heavy atom. The molecule has 7 heteroatoms. The number of rotatable bonds is 4. The van der Waals surface area contributed by atoms with Crippen molar-refractivity contribution >= 4 is 22.6 Å². The lowest BCUT2D eigenvalue weighted by Crippen LogP contribution is -2.21. The van der Waals surface area contributed by atoms with Crippen molar-refractivity contribution in [1.82, 2.24) is 19.3 Å². The van der Waals surface area contributed by atoms with E-state index in [-0.39, 0.29) is 22.7 Å². The third kappa shape index (κ3) is 3.11. The first kappa shape index (κ1) is 16.5. The van der Waals surface area contributed by atoms with Crippen molar-refractivity contribution in [2.75, 3.05) is 0 Å². The standard InChI is InChI=1S/C19H14ClFN4O/c20-16-7-4-8-17(21)14(16)10-24-12-22-18-15(19(24)26)11-25(23-18)9-13-5-2-1-3-6-13/h1-8,11-12H,9-10H2. The monoisotopic (exact) mass is 368 g/mol. The molecule has 2 aromatic carbocycles. The van der Waals surface area contributed by atoms with Crippen molar-refractivity contribution in [3.05, 3.63) is 93.4 Å². The summed E-state index contributed by atoms with van der Waals surface area (Å²) in [5, 5.41) is 5.00. The second-order valence-electron chi connectivity index (χ2n) is 5.93. The van der Waals surface area contributed by atoms with Gasteiger partial charge in [-0.2, -0.15) is 5.10 Å². The molecule has 26 heavy (non-hydrogen) atoms. The molecular formula is C19H14ClFN4O. The van der Waals surface area contributed by atoms with E-state index in [4.69, 9.17) is 11.6 Å². The Kier molecular flexibility index (Phi) is 4.26. The summed E-state index contributed by atoms with van der Waals surface area (Å²) in [7, 11) is 0. The van der Waals surface area contributed by atoms with Gasteiger partial charge in [0.2, 0.25) is 0 Å². The van der Waals surface area contributed by atoms with E-state index >= 15 is 0 Å². The Morgan fingerprint density at radius 2 is 1.85 bits per heavy atom. The zero-order valence-electron chi connectivity index (χ0n) is 13.6. The molecule has 0 spiro atoms. The van der Waals surface area contributed by atoms with E-state index in [1.807, 2.05) is 30.3 Å². The van der Waals surface area contributed by atoms with Crippen LogP contribution in [0.3, 0.4) is 0 Å². The van der Waals surface area contributed by atoms with Crippen molar-refractivity contribution < 1.29 is 4.39 Å². The lowest BCUT2D eigenvalue weighted by Gasteiger charge is -2.07. The van der Waals surface area contributed by atoms with Crippen LogP contribution in [-0.4, -0.2) is 19.3 Å². The summed E-state index contributed by atoms with van der Waals surface area (Å²) in [4.78, 5) is 17.0. The van der Waals surface area contributed by atoms with Crippen LogP contribution < -0.4 is 5.56 Å². The minimum atomic E-state index is -0.454. The van der Waals surface area contributed by atoms with Crippen molar-refractivity contribution in [1.29, 1.82) is 0 Å². The van der Waals surface area contributed by atoms with E-state index in [2.05, 4.69) is 10.1 Å². The molecule has 130 valence electrons. The Balaban J connectivity index is 1.70. The highest BCUT2D eigenvalue weighted by atomic mass is 35.5. The molecule has 0 amide bonds. The van der Waals surface area contributed by atoms with E-state index in [9.17, 15) is 9.18 Å². The zero-order valence-corrected chi connectivity index (χ0v) is 14.4. The number of benzene rings is 2. The molecule has 0 aliphatic rings. The molecule has 4 aromatic rings. The summed E-state index contributed by atoms with van der Waals surface area (Å²) in [6.45, 7) is 0.549. The number of hydrogen-bond acceptors (Lipinski definition) is 3. The minimum absolute atomic E-state index is 0.0111. The Bertz CT molecular complexity index is 1120. The first-order valence-corrected chi connectivity index (χ1v) is 8.39. The lowest BCUT2D eigenvalue weighted by atomic mass is 10.2. The van der Waals surface area contributed by atoms with Crippen LogP contribution in [0.1, 0.15) is 11.1 Å². The van der Waals surface area contributed by atoms with Gasteiger partial charge in [-0.1, -0.05) is 48.0 Å². The van der Waals surface area contributed by atoms with Crippen LogP contribution in [0, 0.1) is 5.82 Å². The molecule has 0 radical (unpaired) electrons. The Labute approximate surface area is 153 Å². The fourth-order valence-corrected chi connectivity index (χ4v) is 3.03. The molecule has 0 N–H and O–H groups in total. The molecule has 0 aliphatic heterocycles. The van der Waals surface area contributed by atoms with Gasteiger partial charge in [0.1, 0.15) is 17.5 Å². The highest BCUT2D eigenvalue weighted by Gasteiger charge is 2.12. The maximum Gasteiger partial charge on any atom is 0.264 e. The van der Waals surface area contributed by atoms with E-state index < -0.39 is 5.82 Å². The summed E-state index contributed by atoms with van der Waals surface area (Å²) in [5.41, 5.74) is 1.41. The van der Waals surface area contributed by atoms with Crippen LogP contribution in [0.2, 0.25) is 5.02 Å². The molecule has 2 aromatic heterocycles. The van der Waals surface area contributed by atoms with Crippen molar-refractivity contribution in [3.8, 4) is 0 Å². The zero-order chi connectivity index (χ0) is 18.1. The summed E-state index contributed by atoms with van der Waals surface area (Å²) >= 11 is 6.05. The van der Waals surface area contributed by atoms with Crippen molar-refractivity contribution in [2.45, 2.75) is 13.1 Å². The number of aromatic nitrogens is 4. The van der Waals surface area contributed by atoms with Crippen LogP contribution in [0.4, 0.5) is 4.39 Å². The Hall–Kier alpha value is -2.99. The van der Waals surface area contributed by atoms with Gasteiger partial charge < -0.3 is 0 Å². The van der Waals surface area contributed by atoms with E-state index in [1.54, 1.807) is 16.9 Å². The summed E-state index contributed by atoms with van der Waals surface area (Å²) in [5.74, 6) is -0.454. The first-order valence-electron chi connectivity index (χ1n) is 8.01. The topological polar surface area (TPSA) is 52.7 Å². The molecule has 0 aliphatic carbocycles. The third-order valence-corrected chi connectivity index (χ3v) is 4.48. The Morgan fingerprint density at radius 1 is 1.04 bits per heavy atom. The lowest BCUT2D eigenvalue weighted by molar-refractivity contribution is 0.595. The van der Waals surface area contributed by atoms with Crippen molar-refractivity contribution in [3.63, 3.8) is 0 Å². The molecule has 0 bridgehead atoms. The van der Waals surface area contributed by atoms with Crippen molar-refractivity contribution in [2.24, 2.45) is 0 Å². The van der Waals surface area contributed by atoms with Gasteiger partial charge in [-0.05, 0) is 17.7 Å². The first-order chi connectivity index (χ1) is 12.6. The third-order valence-electron chi connectivity index (χ3n) is 4.13. The van der Waals surface area contributed by atoms with Gasteiger partial charge in [0, 0.05) is 16.8 Å². The highest BCUT2D eigenvalue weighted by Crippen LogP contribution is 2.19. The molecule has 0 atom stereocenters. The maximum atomic E-state index is 14.0. The predicted molar refractivity (Wildman–Crippen MR) is 97.8 cm³/mol. The smallest absolute Gasteiger partial charge is 0.264 e. The fraction of sp³-hybridized carbons (Fsp3) is 0.105. The minimum Gasteiger partial charge on any atom is -0.294 e. The van der Waals surface area contributed by atoms with E-state index in [0.717, 1.165) is 5.56 Å². The van der Waals surface area contributed by atoms with Gasteiger partial charge in [0.15, 0.2) is 5.65 Å². The van der Waals surface area contributed by atoms with Gasteiger partial charge in [-0.25, -0.2) is 9.37 Å². The molecule has 4 rings (SSSR count). The second-order valence-corrected chi connectivity index (χ2v) is 6.33. The van der Waals surface area contributed by atoms with Crippen LogP contribution >= 0.6 is 11.6 Å². The number of hydrogen-bond donors (Lipinski definition) is 0. The van der Waals surface area contributed by atoms with Crippen LogP contribution in [0.15, 0.2) is 65.8 Å². The summed E-state index contributed by atoms with van der Waals surface area (Å²) in [6, 6.07) is 14.2. The van der Waals surface area contributed by atoms with Crippen LogP contribution in [-0.2, 0) is 13.1 Å². The molecular weight excluding hydrogens is 355 g/mol. The predicted octanol–water partition coefficient (Wildman–Crippen LogP) is 3.48. The average Bonchev–Trinajstić information content (AvgIpc) is 3.04. The fourth-order valence-electron chi connectivity index (χ4n) is 2.81. The van der Waals surface area contributed by atoms with E-state index in [0.29, 0.717) is 17.6 Å². The SMILES string of the molecule is O=c1c2cn(Cc3ccccc3)nc2ncn1Cc1c(F)cccc1Cl. The number of halogens is 2. The van der Waals surface area contributed by atoms with Gasteiger partial charge in [-0.15, -0.1) is 0 Å². The van der Waals surface area contributed by atoms with E-state index in [1.165, 1.54) is 23.0 Å². The average molecular weight is 369 g/mol. The van der Waals surface area contributed by atoms with Gasteiger partial charge in [0.05, 0.1) is 13.1 Å². The molecule has 0 unspecified atom stereocenters. The molecule has 0 saturated heterocycles. The summed E-state index contributed by atoms with van der Waals surface area (Å²) in [6.07, 6.45) is 3.03. The number of fused-ring (bicyclic) bond motifs is 1. The van der Waals surface area contributed by atoms with Gasteiger partial charge in [-0.3, -0.25) is 14.0 Å². The quantitative estimate of drug-likeness (QED) is 0.554.